The fourth-order valence-corrected chi connectivity index (χ4v) is 1.47. The summed E-state index contributed by atoms with van der Waals surface area (Å²) in [6.07, 6.45) is 10.5. The third kappa shape index (κ3) is 26.5. The van der Waals surface area contributed by atoms with Crippen molar-refractivity contribution in [1.82, 2.24) is 18.7 Å². The van der Waals surface area contributed by atoms with Crippen LogP contribution in [0, 0.1) is 17.2 Å². The topological polar surface area (TPSA) is 137 Å². The average molecular weight is 707 g/mol. The Hall–Kier alpha value is 0.105. The number of imidazole rings is 1. The van der Waals surface area contributed by atoms with Crippen molar-refractivity contribution in [2.24, 2.45) is 21.1 Å². The number of aromatic nitrogens is 4. The van der Waals surface area contributed by atoms with Crippen LogP contribution in [0.25, 0.3) is 11.2 Å². The first-order valence-corrected chi connectivity index (χ1v) is 7.30. The van der Waals surface area contributed by atoms with E-state index in [2.05, 4.69) is 11.4 Å². The first-order chi connectivity index (χ1) is 10.3. The van der Waals surface area contributed by atoms with Gasteiger partial charge in [-0.3, -0.25) is 13.9 Å². The molecule has 2 heterocycles. The molecule has 0 fully saturated rings. The number of aryl methyl sites for hydroxylation is 2. The van der Waals surface area contributed by atoms with Crippen molar-refractivity contribution in [3.63, 3.8) is 0 Å². The van der Waals surface area contributed by atoms with Crippen molar-refractivity contribution in [2.45, 2.75) is 52.0 Å². The molecule has 33 heavy (non-hydrogen) atoms. The van der Waals surface area contributed by atoms with Crippen LogP contribution in [0.1, 0.15) is 52.0 Å². The predicted octanol–water partition coefficient (Wildman–Crippen LogP) is 3.56. The fraction of sp³-hybridized carbons (Fsp3) is 0.588. The summed E-state index contributed by atoms with van der Waals surface area (Å²) in [5.41, 5.74) is 0.180. The van der Waals surface area contributed by atoms with Crippen LogP contribution >= 0.6 is 0 Å². The molecule has 16 heteroatoms. The third-order valence-electron chi connectivity index (χ3n) is 2.32. The SMILES string of the molecule is C.C.C.C.C.C.C.Cn1c(=O)c2c(ncn2C)n(C)c1=O.[C-]#C.[Cr].[Cr].[Cr].[Cr].[NH]=[Cr].[O]=[Cr](=[O])=[O]. The first-order valence-electron chi connectivity index (χ1n) is 5.10. The number of fused-ring (bicyclic) bond motifs is 1. The van der Waals surface area contributed by atoms with Crippen LogP contribution in [0.15, 0.2) is 15.9 Å². The van der Waals surface area contributed by atoms with Gasteiger partial charge in [-0.25, -0.2) is 9.78 Å². The Balaban J connectivity index is -0.0000000174. The van der Waals surface area contributed by atoms with Gasteiger partial charge >= 0.3 is 51.5 Å². The van der Waals surface area contributed by atoms with E-state index in [-0.39, 0.29) is 133 Å². The molecule has 0 spiro atoms. The molecule has 2 rings (SSSR count). The van der Waals surface area contributed by atoms with Gasteiger partial charge in [-0.05, 0) is 0 Å². The summed E-state index contributed by atoms with van der Waals surface area (Å²) < 4.78 is 35.3. The molecule has 0 saturated heterocycles. The zero-order valence-corrected chi connectivity index (χ0v) is 21.1. The first kappa shape index (κ1) is 84.4. The van der Waals surface area contributed by atoms with Gasteiger partial charge in [-0.15, -0.1) is 0 Å². The zero-order valence-electron chi connectivity index (χ0n) is 13.4. The van der Waals surface area contributed by atoms with Crippen molar-refractivity contribution >= 4 is 11.2 Å². The van der Waals surface area contributed by atoms with Crippen molar-refractivity contribution in [3.8, 4) is 6.42 Å². The summed E-state index contributed by atoms with van der Waals surface area (Å²) in [6, 6.07) is 0. The Morgan fingerprint density at radius 2 is 1.09 bits per heavy atom. The molecule has 200 valence electrons. The van der Waals surface area contributed by atoms with Crippen LogP contribution in [0.5, 0.6) is 0 Å². The number of hydrogen-bond acceptors (Lipinski definition) is 7. The second-order valence-electron chi connectivity index (χ2n) is 3.44. The molecule has 0 radical (unpaired) electrons. The molecule has 0 amide bonds. The summed E-state index contributed by atoms with van der Waals surface area (Å²) in [6.45, 7) is 0. The van der Waals surface area contributed by atoms with Crippen molar-refractivity contribution in [2.75, 3.05) is 0 Å². The Bertz CT molecular complexity index is 887. The van der Waals surface area contributed by atoms with E-state index in [0.29, 0.717) is 11.2 Å². The van der Waals surface area contributed by atoms with Crippen LogP contribution < -0.4 is 11.2 Å². The number of hydrogen-bond donors (Lipinski definition) is 1. The van der Waals surface area contributed by atoms with E-state index in [4.69, 9.17) is 22.2 Å². The maximum absolute atomic E-state index is 11.7. The monoisotopic (exact) mass is 706 g/mol. The van der Waals surface area contributed by atoms with Gasteiger partial charge in [0.25, 0.3) is 5.56 Å². The van der Waals surface area contributed by atoms with Crippen LogP contribution in [0.3, 0.4) is 0 Å². The molecule has 0 aromatic carbocycles. The zero-order chi connectivity index (χ0) is 18.0. The summed E-state index contributed by atoms with van der Waals surface area (Å²) in [7, 11) is 4.77. The number of nitrogens with zero attached hydrogens (tertiary/aromatic N) is 4. The van der Waals surface area contributed by atoms with Crippen LogP contribution in [-0.2, 0) is 132 Å². The quantitative estimate of drug-likeness (QED) is 0.329. The number of nitrogens with one attached hydrogen (secondary N) is 1. The maximum atomic E-state index is 11.7. The van der Waals surface area contributed by atoms with Gasteiger partial charge in [0.1, 0.15) is 0 Å². The average Bonchev–Trinajstić information content (AvgIpc) is 2.88. The molecule has 0 saturated carbocycles. The van der Waals surface area contributed by atoms with Gasteiger partial charge in [0, 0.05) is 90.6 Å². The Kier molecular flexibility index (Phi) is 117. The van der Waals surface area contributed by atoms with Gasteiger partial charge in [0.2, 0.25) is 0 Å². The molecule has 10 nitrogen and oxygen atoms in total. The normalized spacial score (nSPS) is 5.61. The number of terminal acetylenes is 1. The van der Waals surface area contributed by atoms with E-state index in [0.717, 1.165) is 4.57 Å². The molecule has 0 aliphatic carbocycles. The molecule has 0 atom stereocenters. The van der Waals surface area contributed by atoms with Gasteiger partial charge in [-0.1, -0.05) is 52.0 Å². The minimum atomic E-state index is -3.79. The summed E-state index contributed by atoms with van der Waals surface area (Å²) in [5, 5.41) is 0. The van der Waals surface area contributed by atoms with Gasteiger partial charge in [-0.2, -0.15) is 0 Å². The molecule has 0 aliphatic heterocycles. The standard InChI is InChI=1S/C8H10N4O2.C2H.7CH4.6Cr.HN.3O/c1-10-4-9-6-5(10)7(13)12(3)8(14)11(6)2;1-2;;;;;;;;;;;;;;;;;/h4H,1-3H3;1H;7*1H4;;;;;;;1H;;;/q;-1;;;;;;;;;;;;;;;;;. The molecule has 0 aliphatic rings. The Morgan fingerprint density at radius 1 is 0.818 bits per heavy atom. The number of rotatable bonds is 0. The summed E-state index contributed by atoms with van der Waals surface area (Å²) >= 11 is -1.92. The van der Waals surface area contributed by atoms with Gasteiger partial charge in [0.15, 0.2) is 11.2 Å². The minimum absolute atomic E-state index is 0. The molecule has 2 aromatic heterocycles. The van der Waals surface area contributed by atoms with E-state index in [1.54, 1.807) is 18.7 Å². The van der Waals surface area contributed by atoms with Crippen LogP contribution in [0.2, 0.25) is 0 Å². The fourth-order valence-electron chi connectivity index (χ4n) is 1.47. The van der Waals surface area contributed by atoms with E-state index in [1.807, 2.05) is 16.1 Å². The molecular formula is C17H40Cr6N5O5-. The van der Waals surface area contributed by atoms with Gasteiger partial charge < -0.3 is 17.4 Å². The Morgan fingerprint density at radius 3 is 1.36 bits per heavy atom. The van der Waals surface area contributed by atoms with Crippen molar-refractivity contribution < 1.29 is 111 Å². The van der Waals surface area contributed by atoms with Crippen molar-refractivity contribution in [3.05, 3.63) is 33.6 Å². The van der Waals surface area contributed by atoms with E-state index >= 15 is 0 Å². The molecule has 2 aromatic rings. The van der Waals surface area contributed by atoms with Crippen LogP contribution in [-0.4, -0.2) is 18.7 Å². The summed E-state index contributed by atoms with van der Waals surface area (Å²) in [5.74, 6) is 0. The van der Waals surface area contributed by atoms with E-state index in [9.17, 15) is 9.59 Å². The Labute approximate surface area is 256 Å². The van der Waals surface area contributed by atoms with Gasteiger partial charge in [0.05, 0.1) is 6.33 Å². The summed E-state index contributed by atoms with van der Waals surface area (Å²) in [4.78, 5) is 27.2. The molecule has 0 unspecified atom stereocenters. The third-order valence-corrected chi connectivity index (χ3v) is 2.32. The van der Waals surface area contributed by atoms with Crippen LogP contribution in [0.4, 0.5) is 0 Å². The second-order valence-corrected chi connectivity index (χ2v) is 4.08. The van der Waals surface area contributed by atoms with E-state index < -0.39 is 14.0 Å². The molecule has 0 bridgehead atoms. The molecular weight excluding hydrogens is 666 g/mol. The van der Waals surface area contributed by atoms with Crippen molar-refractivity contribution in [1.29, 1.82) is 4.35 Å². The van der Waals surface area contributed by atoms with E-state index in [1.165, 1.54) is 17.9 Å². The molecule has 1 N–H and O–H groups in total. The predicted molar refractivity (Wildman–Crippen MR) is 111 cm³/mol. The second kappa shape index (κ2) is 45.6.